The third-order valence-electron chi connectivity index (χ3n) is 3.94. The summed E-state index contributed by atoms with van der Waals surface area (Å²) >= 11 is 0. The van der Waals surface area contributed by atoms with Crippen molar-refractivity contribution in [3.05, 3.63) is 65.5 Å². The van der Waals surface area contributed by atoms with E-state index in [1.807, 2.05) is 62.3 Å². The predicted octanol–water partition coefficient (Wildman–Crippen LogP) is 2.92. The van der Waals surface area contributed by atoms with Crippen LogP contribution in [0.5, 0.6) is 0 Å². The lowest BCUT2D eigenvalue weighted by atomic mass is 10.1. The first-order valence-electron chi connectivity index (χ1n) is 7.86. The van der Waals surface area contributed by atoms with Gasteiger partial charge >= 0.3 is 0 Å². The molecule has 24 heavy (non-hydrogen) atoms. The molecule has 0 aromatic heterocycles. The average molecular weight is 329 g/mol. The number of hydrogen-bond acceptors (Lipinski definition) is 3. The molecule has 0 radical (unpaired) electrons. The standard InChI is InChI=1S/C19H24FN3O/c1-22(2)17-10-6-8-15(12-17)19(24)21-13-18(23(3)4)14-7-5-9-16(20)11-14/h5-12,18H,13H2,1-4H3,(H,21,24)/t18-/m0/s1. The number of amides is 1. The van der Waals surface area contributed by atoms with Crippen molar-refractivity contribution in [2.24, 2.45) is 0 Å². The molecule has 0 fully saturated rings. The quantitative estimate of drug-likeness (QED) is 0.885. The highest BCUT2D eigenvalue weighted by Crippen LogP contribution is 2.19. The molecule has 2 aromatic carbocycles. The van der Waals surface area contributed by atoms with Crippen LogP contribution in [-0.4, -0.2) is 45.5 Å². The van der Waals surface area contributed by atoms with Crippen LogP contribution in [0.15, 0.2) is 48.5 Å². The largest absolute Gasteiger partial charge is 0.378 e. The molecular weight excluding hydrogens is 305 g/mol. The van der Waals surface area contributed by atoms with Crippen LogP contribution in [0.25, 0.3) is 0 Å². The first kappa shape index (κ1) is 17.9. The minimum absolute atomic E-state index is 0.0957. The summed E-state index contributed by atoms with van der Waals surface area (Å²) in [4.78, 5) is 16.3. The fraction of sp³-hybridized carbons (Fsp3) is 0.316. The molecule has 2 rings (SSSR count). The van der Waals surface area contributed by atoms with Crippen LogP contribution < -0.4 is 10.2 Å². The third-order valence-corrected chi connectivity index (χ3v) is 3.94. The summed E-state index contributed by atoms with van der Waals surface area (Å²) in [6.07, 6.45) is 0. The Hall–Kier alpha value is -2.40. The molecule has 0 unspecified atom stereocenters. The third kappa shape index (κ3) is 4.55. The van der Waals surface area contributed by atoms with Gasteiger partial charge in [0.25, 0.3) is 5.91 Å². The summed E-state index contributed by atoms with van der Waals surface area (Å²) in [5, 5.41) is 2.94. The molecule has 0 bridgehead atoms. The lowest BCUT2D eigenvalue weighted by Gasteiger charge is -2.25. The summed E-state index contributed by atoms with van der Waals surface area (Å²) in [5.41, 5.74) is 2.41. The van der Waals surface area contributed by atoms with Crippen molar-refractivity contribution in [1.82, 2.24) is 10.2 Å². The van der Waals surface area contributed by atoms with Crippen LogP contribution in [0.3, 0.4) is 0 Å². The number of rotatable bonds is 6. The van der Waals surface area contributed by atoms with Crippen molar-refractivity contribution < 1.29 is 9.18 Å². The Morgan fingerprint density at radius 3 is 2.42 bits per heavy atom. The van der Waals surface area contributed by atoms with Gasteiger partial charge in [-0.05, 0) is 50.0 Å². The number of anilines is 1. The van der Waals surface area contributed by atoms with E-state index in [0.29, 0.717) is 12.1 Å². The summed E-state index contributed by atoms with van der Waals surface area (Å²) in [5.74, 6) is -0.411. The van der Waals surface area contributed by atoms with E-state index in [4.69, 9.17) is 0 Å². The van der Waals surface area contributed by atoms with Crippen molar-refractivity contribution in [3.8, 4) is 0 Å². The van der Waals surface area contributed by atoms with Crippen molar-refractivity contribution in [2.75, 3.05) is 39.6 Å². The Kier molecular flexibility index (Phi) is 5.93. The number of halogens is 1. The highest BCUT2D eigenvalue weighted by molar-refractivity contribution is 5.95. The van der Waals surface area contributed by atoms with Crippen molar-refractivity contribution >= 4 is 11.6 Å². The first-order chi connectivity index (χ1) is 11.4. The molecule has 128 valence electrons. The second-order valence-corrected chi connectivity index (χ2v) is 6.19. The summed E-state index contributed by atoms with van der Waals surface area (Å²) in [6.45, 7) is 0.404. The second-order valence-electron chi connectivity index (χ2n) is 6.19. The van der Waals surface area contributed by atoms with E-state index in [0.717, 1.165) is 11.3 Å². The maximum Gasteiger partial charge on any atom is 0.251 e. The lowest BCUT2D eigenvalue weighted by molar-refractivity contribution is 0.0942. The molecular formula is C19H24FN3O. The van der Waals surface area contributed by atoms with Crippen molar-refractivity contribution in [2.45, 2.75) is 6.04 Å². The maximum absolute atomic E-state index is 13.5. The summed E-state index contributed by atoms with van der Waals surface area (Å²) in [6, 6.07) is 13.8. The van der Waals surface area contributed by atoms with Crippen molar-refractivity contribution in [1.29, 1.82) is 0 Å². The predicted molar refractivity (Wildman–Crippen MR) is 95.9 cm³/mol. The van der Waals surface area contributed by atoms with Crippen LogP contribution in [0.2, 0.25) is 0 Å². The normalized spacial score (nSPS) is 12.1. The molecule has 0 saturated heterocycles. The number of carbonyl (C=O) groups excluding carboxylic acids is 1. The maximum atomic E-state index is 13.5. The molecule has 1 N–H and O–H groups in total. The number of nitrogens with one attached hydrogen (secondary N) is 1. The van der Waals surface area contributed by atoms with Crippen molar-refractivity contribution in [3.63, 3.8) is 0 Å². The van der Waals surface area contributed by atoms with E-state index in [9.17, 15) is 9.18 Å². The Bertz CT molecular complexity index is 701. The fourth-order valence-electron chi connectivity index (χ4n) is 2.53. The number of hydrogen-bond donors (Lipinski definition) is 1. The van der Waals surface area contributed by atoms with Gasteiger partial charge in [-0.3, -0.25) is 4.79 Å². The SMILES string of the molecule is CN(C)c1cccc(C(=O)NC[C@@H](c2cccc(F)c2)N(C)C)c1. The number of benzene rings is 2. The molecule has 4 nitrogen and oxygen atoms in total. The number of likely N-dealkylation sites (N-methyl/N-ethyl adjacent to an activating group) is 1. The topological polar surface area (TPSA) is 35.6 Å². The van der Waals surface area contributed by atoms with Crippen LogP contribution in [0.4, 0.5) is 10.1 Å². The summed E-state index contributed by atoms with van der Waals surface area (Å²) in [7, 11) is 7.69. The smallest absolute Gasteiger partial charge is 0.251 e. The minimum atomic E-state index is -0.274. The Morgan fingerprint density at radius 2 is 1.79 bits per heavy atom. The molecule has 1 atom stereocenters. The van der Waals surface area contributed by atoms with Gasteiger partial charge in [0.1, 0.15) is 5.82 Å². The van der Waals surface area contributed by atoms with Gasteiger partial charge in [0.2, 0.25) is 0 Å². The van der Waals surface area contributed by atoms with E-state index in [-0.39, 0.29) is 17.8 Å². The van der Waals surface area contributed by atoms with Gasteiger partial charge in [0.15, 0.2) is 0 Å². The first-order valence-corrected chi connectivity index (χ1v) is 7.86. The molecule has 0 aliphatic rings. The van der Waals surface area contributed by atoms with Gasteiger partial charge in [0.05, 0.1) is 6.04 Å². The number of nitrogens with zero attached hydrogens (tertiary/aromatic N) is 2. The Morgan fingerprint density at radius 1 is 1.08 bits per heavy atom. The molecule has 0 aliphatic heterocycles. The molecule has 0 saturated carbocycles. The van der Waals surface area contributed by atoms with Gasteiger partial charge in [-0.2, -0.15) is 0 Å². The minimum Gasteiger partial charge on any atom is -0.378 e. The zero-order chi connectivity index (χ0) is 17.7. The van der Waals surface area contributed by atoms with Gasteiger partial charge in [-0.15, -0.1) is 0 Å². The van der Waals surface area contributed by atoms with Crippen LogP contribution in [0.1, 0.15) is 22.0 Å². The summed E-state index contributed by atoms with van der Waals surface area (Å²) < 4.78 is 13.5. The van der Waals surface area contributed by atoms with E-state index >= 15 is 0 Å². The van der Waals surface area contributed by atoms with E-state index in [1.165, 1.54) is 12.1 Å². The Labute approximate surface area is 142 Å². The highest BCUT2D eigenvalue weighted by atomic mass is 19.1. The second kappa shape index (κ2) is 7.93. The molecule has 0 heterocycles. The van der Waals surface area contributed by atoms with Gasteiger partial charge in [0, 0.05) is 31.9 Å². The van der Waals surface area contributed by atoms with E-state index in [1.54, 1.807) is 12.1 Å². The van der Waals surface area contributed by atoms with E-state index < -0.39 is 0 Å². The zero-order valence-corrected chi connectivity index (χ0v) is 14.6. The highest BCUT2D eigenvalue weighted by Gasteiger charge is 2.16. The Balaban J connectivity index is 2.09. The van der Waals surface area contributed by atoms with Crippen LogP contribution >= 0.6 is 0 Å². The van der Waals surface area contributed by atoms with Crippen LogP contribution in [-0.2, 0) is 0 Å². The fourth-order valence-corrected chi connectivity index (χ4v) is 2.53. The van der Waals surface area contributed by atoms with Gasteiger partial charge < -0.3 is 15.1 Å². The number of carbonyl (C=O) groups is 1. The van der Waals surface area contributed by atoms with E-state index in [2.05, 4.69) is 5.32 Å². The lowest BCUT2D eigenvalue weighted by Crippen LogP contribution is -2.34. The van der Waals surface area contributed by atoms with Crippen LogP contribution in [0, 0.1) is 5.82 Å². The molecule has 0 spiro atoms. The molecule has 5 heteroatoms. The molecule has 1 amide bonds. The zero-order valence-electron chi connectivity index (χ0n) is 14.6. The molecule has 0 aliphatic carbocycles. The van der Waals surface area contributed by atoms with Gasteiger partial charge in [-0.25, -0.2) is 4.39 Å². The monoisotopic (exact) mass is 329 g/mol. The molecule has 2 aromatic rings. The average Bonchev–Trinajstić information content (AvgIpc) is 2.54. The van der Waals surface area contributed by atoms with Gasteiger partial charge in [-0.1, -0.05) is 18.2 Å².